The Bertz CT molecular complexity index is 588. The van der Waals surface area contributed by atoms with Gasteiger partial charge in [0.05, 0.1) is 18.0 Å². The van der Waals surface area contributed by atoms with Crippen molar-refractivity contribution in [1.29, 1.82) is 0 Å². The summed E-state index contributed by atoms with van der Waals surface area (Å²) < 4.78 is 3.07. The fourth-order valence-electron chi connectivity index (χ4n) is 1.84. The molecule has 0 saturated carbocycles. The van der Waals surface area contributed by atoms with E-state index < -0.39 is 0 Å². The molecule has 0 unspecified atom stereocenters. The third-order valence-corrected chi connectivity index (χ3v) is 3.58. The third-order valence-electron chi connectivity index (χ3n) is 2.69. The van der Waals surface area contributed by atoms with Gasteiger partial charge in [-0.05, 0) is 6.42 Å². The van der Waals surface area contributed by atoms with Crippen LogP contribution in [0.3, 0.4) is 0 Å². The highest BCUT2D eigenvalue weighted by atomic mass is 32.1. The van der Waals surface area contributed by atoms with E-state index in [9.17, 15) is 9.90 Å². The van der Waals surface area contributed by atoms with E-state index in [0.29, 0.717) is 29.9 Å². The van der Waals surface area contributed by atoms with Crippen LogP contribution in [0.5, 0.6) is 5.88 Å². The Hall–Kier alpha value is -1.40. The van der Waals surface area contributed by atoms with Crippen LogP contribution in [0.4, 0.5) is 0 Å². The number of rotatable bonds is 4. The molecule has 5 nitrogen and oxygen atoms in total. The summed E-state index contributed by atoms with van der Waals surface area (Å²) >= 11 is 1.36. The highest BCUT2D eigenvalue weighted by molar-refractivity contribution is 7.14. The van der Waals surface area contributed by atoms with Gasteiger partial charge in [-0.1, -0.05) is 18.3 Å². The fraction of sp³-hybridized carbons (Fsp3) is 0.455. The Morgan fingerprint density at radius 3 is 3.00 bits per heavy atom. The summed E-state index contributed by atoms with van der Waals surface area (Å²) in [6, 6.07) is 0. The zero-order chi connectivity index (χ0) is 12.4. The summed E-state index contributed by atoms with van der Waals surface area (Å²) in [6.07, 6.45) is 2.61. The highest BCUT2D eigenvalue weighted by Crippen LogP contribution is 2.11. The lowest BCUT2D eigenvalue weighted by atomic mass is 10.2. The lowest BCUT2D eigenvalue weighted by Gasteiger charge is -2.13. The number of nitrogens with zero attached hydrogens (tertiary/aromatic N) is 2. The first kappa shape index (κ1) is 12.1. The minimum absolute atomic E-state index is 0.0323. The van der Waals surface area contributed by atoms with Crippen molar-refractivity contribution in [1.82, 2.24) is 4.40 Å². The van der Waals surface area contributed by atoms with Gasteiger partial charge >= 0.3 is 10.5 Å². The summed E-state index contributed by atoms with van der Waals surface area (Å²) in [5, 5.41) is 22.7. The summed E-state index contributed by atoms with van der Waals surface area (Å²) in [6.45, 7) is 2.27. The molecule has 2 aromatic rings. The van der Waals surface area contributed by atoms with Gasteiger partial charge in [0.25, 0.3) is 0 Å². The predicted octanol–water partition coefficient (Wildman–Crippen LogP) is -0.333. The molecular weight excluding hydrogens is 240 g/mol. The number of hydrogen-bond donors (Lipinski definition) is 1. The average Bonchev–Trinajstić information content (AvgIpc) is 2.79. The monoisotopic (exact) mass is 254 g/mol. The lowest BCUT2D eigenvalue weighted by molar-refractivity contribution is -0.715. The topological polar surface area (TPSA) is 68.7 Å². The first-order valence-corrected chi connectivity index (χ1v) is 6.41. The molecule has 0 aliphatic rings. The van der Waals surface area contributed by atoms with Gasteiger partial charge in [0.1, 0.15) is 6.20 Å². The lowest BCUT2D eigenvalue weighted by Crippen LogP contribution is -2.44. The van der Waals surface area contributed by atoms with Gasteiger partial charge in [-0.3, -0.25) is 0 Å². The van der Waals surface area contributed by atoms with Crippen LogP contribution >= 0.6 is 11.3 Å². The van der Waals surface area contributed by atoms with Gasteiger partial charge in [0.15, 0.2) is 0 Å². The van der Waals surface area contributed by atoms with E-state index in [4.69, 9.17) is 5.11 Å². The SMILES string of the molecule is CCc1c([O-])[n+](CCCO)c2sccn2c1=O. The van der Waals surface area contributed by atoms with E-state index in [-0.39, 0.29) is 18.0 Å². The standard InChI is InChI=1S/C11H14N2O3S/c1-2-8-9(15)12(4-3-6-14)11-13(10(8)16)5-7-17-11/h5,7,14H,2-4,6H2,1H3. The smallest absolute Gasteiger partial charge is 0.348 e. The molecule has 2 rings (SSSR count). The molecule has 0 aromatic carbocycles. The number of aromatic nitrogens is 2. The second kappa shape index (κ2) is 4.85. The fourth-order valence-corrected chi connectivity index (χ4v) is 2.70. The molecule has 6 heteroatoms. The molecule has 2 heterocycles. The predicted molar refractivity (Wildman–Crippen MR) is 62.3 cm³/mol. The zero-order valence-electron chi connectivity index (χ0n) is 9.55. The van der Waals surface area contributed by atoms with Crippen molar-refractivity contribution in [3.63, 3.8) is 0 Å². The molecule has 17 heavy (non-hydrogen) atoms. The highest BCUT2D eigenvalue weighted by Gasteiger charge is 2.18. The summed E-state index contributed by atoms with van der Waals surface area (Å²) in [5.41, 5.74) is 0.0767. The average molecular weight is 254 g/mol. The molecule has 0 radical (unpaired) electrons. The molecule has 2 aromatic heterocycles. The Kier molecular flexibility index (Phi) is 3.44. The quantitative estimate of drug-likeness (QED) is 0.759. The molecule has 0 amide bonds. The number of aryl methyl sites for hydroxylation is 1. The van der Waals surface area contributed by atoms with Crippen LogP contribution in [0.15, 0.2) is 16.4 Å². The van der Waals surface area contributed by atoms with Crippen molar-refractivity contribution in [3.05, 3.63) is 27.5 Å². The van der Waals surface area contributed by atoms with Crippen molar-refractivity contribution in [3.8, 4) is 5.88 Å². The molecule has 92 valence electrons. The van der Waals surface area contributed by atoms with E-state index in [1.807, 2.05) is 0 Å². The number of aliphatic hydroxyl groups is 1. The molecule has 0 spiro atoms. The molecule has 0 aliphatic heterocycles. The minimum atomic E-state index is -0.228. The minimum Gasteiger partial charge on any atom is -0.842 e. The Morgan fingerprint density at radius 1 is 1.59 bits per heavy atom. The van der Waals surface area contributed by atoms with E-state index in [1.165, 1.54) is 15.7 Å². The maximum atomic E-state index is 12.1. The van der Waals surface area contributed by atoms with Crippen LogP contribution in [0.1, 0.15) is 18.9 Å². The van der Waals surface area contributed by atoms with Crippen LogP contribution in [-0.2, 0) is 13.0 Å². The summed E-state index contributed by atoms with van der Waals surface area (Å²) in [7, 11) is 0. The van der Waals surface area contributed by atoms with Gasteiger partial charge in [-0.25, -0.2) is 9.36 Å². The Morgan fingerprint density at radius 2 is 2.35 bits per heavy atom. The second-order valence-electron chi connectivity index (χ2n) is 3.73. The second-order valence-corrected chi connectivity index (χ2v) is 4.60. The van der Waals surface area contributed by atoms with Crippen molar-refractivity contribution in [2.24, 2.45) is 0 Å². The van der Waals surface area contributed by atoms with Crippen LogP contribution in [0, 0.1) is 0 Å². The molecule has 0 atom stereocenters. The zero-order valence-corrected chi connectivity index (χ0v) is 10.4. The molecule has 0 fully saturated rings. The van der Waals surface area contributed by atoms with Gasteiger partial charge in [-0.15, -0.1) is 0 Å². The number of aliphatic hydroxyl groups excluding tert-OH is 1. The van der Waals surface area contributed by atoms with Crippen LogP contribution in [0.2, 0.25) is 0 Å². The Labute approximate surface area is 102 Å². The van der Waals surface area contributed by atoms with Crippen molar-refractivity contribution >= 4 is 16.3 Å². The van der Waals surface area contributed by atoms with E-state index in [1.54, 1.807) is 23.1 Å². The molecule has 0 saturated heterocycles. The van der Waals surface area contributed by atoms with Crippen molar-refractivity contribution < 1.29 is 14.8 Å². The van der Waals surface area contributed by atoms with Crippen molar-refractivity contribution in [2.45, 2.75) is 26.3 Å². The third kappa shape index (κ3) is 1.94. The number of thiazole rings is 1. The van der Waals surface area contributed by atoms with Crippen LogP contribution in [0.25, 0.3) is 4.96 Å². The van der Waals surface area contributed by atoms with Gasteiger partial charge < -0.3 is 10.2 Å². The van der Waals surface area contributed by atoms with Gasteiger partial charge in [-0.2, -0.15) is 4.40 Å². The number of hydrogen-bond acceptors (Lipinski definition) is 4. The Balaban J connectivity index is 2.71. The van der Waals surface area contributed by atoms with Crippen molar-refractivity contribution in [2.75, 3.05) is 6.61 Å². The maximum absolute atomic E-state index is 12.1. The number of fused-ring (bicyclic) bond motifs is 1. The summed E-state index contributed by atoms with van der Waals surface area (Å²) in [5.74, 6) is -0.228. The normalized spacial score (nSPS) is 11.2. The van der Waals surface area contributed by atoms with E-state index >= 15 is 0 Å². The van der Waals surface area contributed by atoms with Crippen LogP contribution < -0.4 is 15.2 Å². The molecule has 1 N–H and O–H groups in total. The largest absolute Gasteiger partial charge is 0.842 e. The molecular formula is C11H14N2O3S. The summed E-state index contributed by atoms with van der Waals surface area (Å²) in [4.78, 5) is 12.6. The van der Waals surface area contributed by atoms with Gasteiger partial charge in [0.2, 0.25) is 0 Å². The van der Waals surface area contributed by atoms with Crippen LogP contribution in [-0.4, -0.2) is 16.1 Å². The van der Waals surface area contributed by atoms with Gasteiger partial charge in [0, 0.05) is 18.4 Å². The first-order valence-electron chi connectivity index (χ1n) is 5.53. The van der Waals surface area contributed by atoms with E-state index in [0.717, 1.165) is 0 Å². The molecule has 0 bridgehead atoms. The maximum Gasteiger partial charge on any atom is 0.348 e. The molecule has 0 aliphatic carbocycles. The first-order chi connectivity index (χ1) is 8.20. The van der Waals surface area contributed by atoms with E-state index in [2.05, 4.69) is 0 Å².